The van der Waals surface area contributed by atoms with Crippen LogP contribution in [0, 0.1) is 0 Å². The molecule has 9 heteroatoms. The second-order valence-electron chi connectivity index (χ2n) is 7.24. The number of hydrogen-bond donors (Lipinski definition) is 0. The molecule has 0 radical (unpaired) electrons. The van der Waals surface area contributed by atoms with E-state index in [-0.39, 0.29) is 23.1 Å². The van der Waals surface area contributed by atoms with E-state index in [2.05, 4.69) is 39.3 Å². The summed E-state index contributed by atoms with van der Waals surface area (Å²) in [7, 11) is -2.61. The molecule has 0 spiro atoms. The van der Waals surface area contributed by atoms with Crippen LogP contribution in [0.5, 0.6) is 0 Å². The van der Waals surface area contributed by atoms with Crippen LogP contribution in [0.3, 0.4) is 0 Å². The quantitative estimate of drug-likeness (QED) is 0.369. The summed E-state index contributed by atoms with van der Waals surface area (Å²) >= 11 is -0.557. The van der Waals surface area contributed by atoms with Crippen LogP contribution in [0.2, 0.25) is 39.3 Å². The molecule has 0 heterocycles. The third kappa shape index (κ3) is 45.2. The van der Waals surface area contributed by atoms with E-state index in [9.17, 15) is 19.8 Å². The van der Waals surface area contributed by atoms with Crippen LogP contribution in [-0.2, 0) is 35.5 Å². The first-order valence-corrected chi connectivity index (χ1v) is 15.9. The van der Waals surface area contributed by atoms with Gasteiger partial charge in [0.1, 0.15) is 0 Å². The molecule has 0 amide bonds. The van der Waals surface area contributed by atoms with Gasteiger partial charge >= 0.3 is 81.9 Å². The van der Waals surface area contributed by atoms with Gasteiger partial charge in [0.2, 0.25) is 0 Å². The Morgan fingerprint density at radius 2 is 0.960 bits per heavy atom. The Morgan fingerprint density at radius 3 is 1.04 bits per heavy atom. The molecule has 0 fully saturated rings. The molecule has 0 aliphatic heterocycles. The topological polar surface area (TPSA) is 98.7 Å². The zero-order chi connectivity index (χ0) is 20.8. The standard InChI is InChI=1S/2C5H8O2.2C3H9OSi.Ti/c2*1-4(6)3-5(2)7;2*1-5(2,3)4;/h2*3,6H,1-2H3;2*1-3H3;/q;;2*-1;+4/p-2/b2*4-3-;;;. The average Bonchev–Trinajstić information content (AvgIpc) is 2.21. The molecule has 0 unspecified atom stereocenters. The summed E-state index contributed by atoms with van der Waals surface area (Å²) in [6, 6.07) is 0. The van der Waals surface area contributed by atoms with Gasteiger partial charge in [-0.25, -0.2) is 0 Å². The third-order valence-electron chi connectivity index (χ3n) is 1.51. The van der Waals surface area contributed by atoms with Gasteiger partial charge in [0.15, 0.2) is 11.6 Å². The zero-order valence-electron chi connectivity index (χ0n) is 17.1. The van der Waals surface area contributed by atoms with E-state index >= 15 is 0 Å². The normalized spacial score (nSPS) is 12.1. The monoisotopic (exact) mass is 424 g/mol. The van der Waals surface area contributed by atoms with E-state index in [0.717, 1.165) is 12.2 Å². The van der Waals surface area contributed by atoms with Crippen molar-refractivity contribution in [1.29, 1.82) is 0 Å². The predicted molar refractivity (Wildman–Crippen MR) is 97.7 cm³/mol. The van der Waals surface area contributed by atoms with Crippen LogP contribution < -0.4 is 10.2 Å². The van der Waals surface area contributed by atoms with E-state index in [1.54, 1.807) is 0 Å². The number of carbonyl (C=O) groups is 2. The van der Waals surface area contributed by atoms with Crippen molar-refractivity contribution in [3.63, 3.8) is 0 Å². The van der Waals surface area contributed by atoms with Gasteiger partial charge in [0, 0.05) is 0 Å². The van der Waals surface area contributed by atoms with E-state index in [4.69, 9.17) is 6.02 Å². The molecule has 6 nitrogen and oxygen atoms in total. The molecule has 0 aliphatic carbocycles. The number of allylic oxidation sites excluding steroid dienone is 4. The minimum absolute atomic E-state index is 0.187. The third-order valence-corrected chi connectivity index (χ3v) is 9.42. The Hall–Kier alpha value is -0.512. The molecule has 0 N–H and O–H groups in total. The van der Waals surface area contributed by atoms with Gasteiger partial charge in [0.25, 0.3) is 0 Å². The summed E-state index contributed by atoms with van der Waals surface area (Å²) in [4.78, 5) is 20.0. The van der Waals surface area contributed by atoms with Gasteiger partial charge in [0.05, 0.1) is 0 Å². The molecule has 0 aromatic heterocycles. The summed E-state index contributed by atoms with van der Waals surface area (Å²) in [5.74, 6) is -0.750. The van der Waals surface area contributed by atoms with Gasteiger partial charge < -0.3 is 10.2 Å². The second kappa shape index (κ2) is 14.6. The molecule has 0 rings (SSSR count). The summed E-state index contributed by atoms with van der Waals surface area (Å²) in [5.41, 5.74) is 0. The predicted octanol–water partition coefficient (Wildman–Crippen LogP) is 2.28. The van der Waals surface area contributed by atoms with Gasteiger partial charge in [-0.3, -0.25) is 9.59 Å². The Bertz CT molecular complexity index is 412. The molecule has 0 bridgehead atoms. The van der Waals surface area contributed by atoms with Crippen LogP contribution in [0.25, 0.3) is 0 Å². The zero-order valence-corrected chi connectivity index (χ0v) is 20.7. The first-order valence-electron chi connectivity index (χ1n) is 7.79. The SMILES string of the molecule is CC(=O)/C=C(/C)[O-].CC(=O)/C=C(/C)[O-].C[Si](C)(C)[O][Ti+2][O][Si](C)(C)C. The van der Waals surface area contributed by atoms with E-state index in [0.29, 0.717) is 0 Å². The summed E-state index contributed by atoms with van der Waals surface area (Å²) in [6.45, 7) is 18.6. The van der Waals surface area contributed by atoms with Gasteiger partial charge in [-0.15, -0.1) is 11.5 Å². The first kappa shape index (κ1) is 29.3. The van der Waals surface area contributed by atoms with Gasteiger partial charge in [-0.1, -0.05) is 13.8 Å². The van der Waals surface area contributed by atoms with Crippen molar-refractivity contribution in [2.24, 2.45) is 0 Å². The fourth-order valence-electron chi connectivity index (χ4n) is 0.843. The van der Waals surface area contributed by atoms with Gasteiger partial charge in [-0.05, 0) is 26.0 Å². The molecule has 0 atom stereocenters. The Labute approximate surface area is 164 Å². The van der Waals surface area contributed by atoms with Crippen LogP contribution in [-0.4, -0.2) is 28.2 Å². The molecule has 0 aromatic rings. The van der Waals surface area contributed by atoms with Crippen LogP contribution in [0.4, 0.5) is 0 Å². The van der Waals surface area contributed by atoms with E-state index in [1.807, 2.05) is 0 Å². The summed E-state index contributed by atoms with van der Waals surface area (Å²) in [6.07, 6.45) is 2.11. The molecule has 25 heavy (non-hydrogen) atoms. The van der Waals surface area contributed by atoms with Crippen molar-refractivity contribution in [3.8, 4) is 0 Å². The van der Waals surface area contributed by atoms with Crippen LogP contribution in [0.15, 0.2) is 23.7 Å². The van der Waals surface area contributed by atoms with Crippen molar-refractivity contribution < 1.29 is 45.7 Å². The Kier molecular flexibility index (Phi) is 17.1. The van der Waals surface area contributed by atoms with Crippen molar-refractivity contribution in [3.05, 3.63) is 23.7 Å². The average molecular weight is 424 g/mol. The number of ketones is 2. The molecule has 0 aromatic carbocycles. The summed E-state index contributed by atoms with van der Waals surface area (Å²) < 4.78 is 11.4. The van der Waals surface area contributed by atoms with Gasteiger partial charge in [-0.2, -0.15) is 0 Å². The molecular weight excluding hydrogens is 392 g/mol. The van der Waals surface area contributed by atoms with Crippen molar-refractivity contribution in [1.82, 2.24) is 0 Å². The van der Waals surface area contributed by atoms with Crippen molar-refractivity contribution >= 4 is 28.2 Å². The molecular formula is C16H32O6Si2Ti. The Morgan fingerprint density at radius 1 is 0.720 bits per heavy atom. The maximum absolute atomic E-state index is 9.98. The minimum atomic E-state index is -1.30. The van der Waals surface area contributed by atoms with E-state index in [1.165, 1.54) is 27.7 Å². The molecule has 0 saturated carbocycles. The molecule has 0 aliphatic rings. The fraction of sp³-hybridized carbons (Fsp3) is 0.625. The number of rotatable bonds is 6. The number of hydrogen-bond acceptors (Lipinski definition) is 6. The molecule has 0 saturated heterocycles. The van der Waals surface area contributed by atoms with Crippen LogP contribution >= 0.6 is 0 Å². The fourth-order valence-corrected chi connectivity index (χ4v) is 4.44. The number of carbonyl (C=O) groups excluding carboxylic acids is 2. The summed E-state index contributed by atoms with van der Waals surface area (Å²) in [5, 5.41) is 20.0. The van der Waals surface area contributed by atoms with Crippen LogP contribution in [0.1, 0.15) is 27.7 Å². The Balaban J connectivity index is -0.000000304. The van der Waals surface area contributed by atoms with E-state index < -0.39 is 36.6 Å². The first-order chi connectivity index (χ1) is 11.0. The molecule has 144 valence electrons. The van der Waals surface area contributed by atoms with Crippen molar-refractivity contribution in [2.45, 2.75) is 67.0 Å². The maximum atomic E-state index is 9.98. The second-order valence-corrected chi connectivity index (χ2v) is 18.3. The van der Waals surface area contributed by atoms with Crippen molar-refractivity contribution in [2.75, 3.05) is 0 Å².